The predicted octanol–water partition coefficient (Wildman–Crippen LogP) is 2.24. The molecular weight excluding hydrogens is 310 g/mol. The van der Waals surface area contributed by atoms with E-state index in [4.69, 9.17) is 9.84 Å². The summed E-state index contributed by atoms with van der Waals surface area (Å²) in [6.45, 7) is 7.97. The van der Waals surface area contributed by atoms with Crippen molar-refractivity contribution in [1.29, 1.82) is 0 Å². The Labute approximate surface area is 141 Å². The zero-order chi connectivity index (χ0) is 17.7. The highest BCUT2D eigenvalue weighted by atomic mass is 16.6. The molecule has 7 heteroatoms. The molecule has 1 aliphatic rings. The minimum absolute atomic E-state index is 0.298. The number of hydrogen-bond donors (Lipinski definition) is 1. The van der Waals surface area contributed by atoms with Gasteiger partial charge in [-0.1, -0.05) is 0 Å². The van der Waals surface area contributed by atoms with Crippen molar-refractivity contribution in [3.05, 3.63) is 30.0 Å². The smallest absolute Gasteiger partial charge is 0.410 e. The molecule has 0 radical (unpaired) electrons. The molecule has 0 saturated carbocycles. The van der Waals surface area contributed by atoms with Crippen LogP contribution in [0.3, 0.4) is 0 Å². The average molecular weight is 333 g/mol. The van der Waals surface area contributed by atoms with E-state index < -0.39 is 11.6 Å². The van der Waals surface area contributed by atoms with E-state index in [2.05, 4.69) is 9.88 Å². The molecule has 1 amide bonds. The van der Waals surface area contributed by atoms with Gasteiger partial charge in [-0.05, 0) is 44.5 Å². The summed E-state index contributed by atoms with van der Waals surface area (Å²) in [6, 6.07) is 3.59. The number of rotatable bonds is 3. The first kappa shape index (κ1) is 17.8. The molecule has 1 aromatic rings. The molecule has 7 nitrogen and oxygen atoms in total. The van der Waals surface area contributed by atoms with Gasteiger partial charge in [0.25, 0.3) is 0 Å². The van der Waals surface area contributed by atoms with Crippen molar-refractivity contribution >= 4 is 24.0 Å². The summed E-state index contributed by atoms with van der Waals surface area (Å²) in [4.78, 5) is 30.7. The van der Waals surface area contributed by atoms with E-state index in [-0.39, 0.29) is 6.09 Å². The minimum atomic E-state index is -0.987. The SMILES string of the molecule is CC(C)(C)OC(=O)N1CCN(c2cc(/C=C/C(=O)O)ccn2)CC1. The molecule has 2 rings (SSSR count). The van der Waals surface area contributed by atoms with Gasteiger partial charge in [-0.2, -0.15) is 0 Å². The standard InChI is InChI=1S/C17H23N3O4/c1-17(2,3)24-16(23)20-10-8-19(9-11-20)14-12-13(6-7-18-14)4-5-15(21)22/h4-7,12H,8-11H2,1-3H3,(H,21,22)/b5-4+. The van der Waals surface area contributed by atoms with Crippen molar-refractivity contribution in [2.75, 3.05) is 31.1 Å². The normalized spacial score (nSPS) is 15.6. The lowest BCUT2D eigenvalue weighted by Gasteiger charge is -2.36. The summed E-state index contributed by atoms with van der Waals surface area (Å²) in [5.74, 6) is -0.217. The van der Waals surface area contributed by atoms with Crippen LogP contribution in [0.1, 0.15) is 26.3 Å². The third kappa shape index (κ3) is 5.26. The van der Waals surface area contributed by atoms with E-state index in [1.807, 2.05) is 26.8 Å². The summed E-state index contributed by atoms with van der Waals surface area (Å²) in [5.41, 5.74) is 0.276. The summed E-state index contributed by atoms with van der Waals surface area (Å²) in [7, 11) is 0. The zero-order valence-corrected chi connectivity index (χ0v) is 14.2. The molecule has 0 bridgehead atoms. The molecule has 1 N–H and O–H groups in total. The average Bonchev–Trinajstić information content (AvgIpc) is 2.52. The van der Waals surface area contributed by atoms with Crippen LogP contribution in [0.25, 0.3) is 6.08 Å². The summed E-state index contributed by atoms with van der Waals surface area (Å²) in [6.07, 6.45) is 3.98. The highest BCUT2D eigenvalue weighted by Crippen LogP contribution is 2.17. The Morgan fingerprint density at radius 2 is 1.92 bits per heavy atom. The largest absolute Gasteiger partial charge is 0.478 e. The molecular formula is C17H23N3O4. The number of aliphatic carboxylic acids is 1. The summed E-state index contributed by atoms with van der Waals surface area (Å²) in [5, 5.41) is 8.69. The lowest BCUT2D eigenvalue weighted by Crippen LogP contribution is -2.50. The van der Waals surface area contributed by atoms with Gasteiger partial charge in [-0.25, -0.2) is 14.6 Å². The van der Waals surface area contributed by atoms with Gasteiger partial charge in [-0.15, -0.1) is 0 Å². The lowest BCUT2D eigenvalue weighted by atomic mass is 10.2. The number of amides is 1. The second-order valence-corrected chi connectivity index (χ2v) is 6.57. The van der Waals surface area contributed by atoms with Gasteiger partial charge in [-0.3, -0.25) is 0 Å². The van der Waals surface area contributed by atoms with Gasteiger partial charge in [0.05, 0.1) is 0 Å². The Bertz CT molecular complexity index is 629. The van der Waals surface area contributed by atoms with Crippen molar-refractivity contribution in [2.24, 2.45) is 0 Å². The van der Waals surface area contributed by atoms with Crippen molar-refractivity contribution in [1.82, 2.24) is 9.88 Å². The molecule has 0 unspecified atom stereocenters. The maximum Gasteiger partial charge on any atom is 0.410 e. The van der Waals surface area contributed by atoms with Crippen LogP contribution in [-0.2, 0) is 9.53 Å². The number of piperazine rings is 1. The monoisotopic (exact) mass is 333 g/mol. The second-order valence-electron chi connectivity index (χ2n) is 6.57. The van der Waals surface area contributed by atoms with Crippen molar-refractivity contribution < 1.29 is 19.4 Å². The van der Waals surface area contributed by atoms with E-state index in [1.165, 1.54) is 6.08 Å². The number of carbonyl (C=O) groups is 2. The van der Waals surface area contributed by atoms with Gasteiger partial charge >= 0.3 is 12.1 Å². The highest BCUT2D eigenvalue weighted by Gasteiger charge is 2.26. The number of nitrogens with zero attached hydrogens (tertiary/aromatic N) is 3. The van der Waals surface area contributed by atoms with Gasteiger partial charge in [0.15, 0.2) is 0 Å². The number of hydrogen-bond acceptors (Lipinski definition) is 5. The van der Waals surface area contributed by atoms with E-state index in [9.17, 15) is 9.59 Å². The Morgan fingerprint density at radius 1 is 1.25 bits per heavy atom. The first-order chi connectivity index (χ1) is 11.2. The predicted molar refractivity (Wildman–Crippen MR) is 90.9 cm³/mol. The van der Waals surface area contributed by atoms with Crippen LogP contribution >= 0.6 is 0 Å². The van der Waals surface area contributed by atoms with Crippen LogP contribution in [0.15, 0.2) is 24.4 Å². The first-order valence-corrected chi connectivity index (χ1v) is 7.84. The fraction of sp³-hybridized carbons (Fsp3) is 0.471. The van der Waals surface area contributed by atoms with Gasteiger partial charge in [0.1, 0.15) is 11.4 Å². The first-order valence-electron chi connectivity index (χ1n) is 7.84. The summed E-state index contributed by atoms with van der Waals surface area (Å²) >= 11 is 0. The number of anilines is 1. The molecule has 1 aromatic heterocycles. The summed E-state index contributed by atoms with van der Waals surface area (Å²) < 4.78 is 5.38. The maximum absolute atomic E-state index is 12.1. The van der Waals surface area contributed by atoms with Gasteiger partial charge in [0, 0.05) is 38.5 Å². The highest BCUT2D eigenvalue weighted by molar-refractivity contribution is 5.85. The quantitative estimate of drug-likeness (QED) is 0.854. The molecule has 130 valence electrons. The Balaban J connectivity index is 1.96. The van der Waals surface area contributed by atoms with Crippen LogP contribution in [0, 0.1) is 0 Å². The number of pyridine rings is 1. The number of ether oxygens (including phenoxy) is 1. The third-order valence-corrected chi connectivity index (χ3v) is 3.44. The topological polar surface area (TPSA) is 83.0 Å². The van der Waals surface area contributed by atoms with Gasteiger partial charge in [0.2, 0.25) is 0 Å². The van der Waals surface area contributed by atoms with Crippen LogP contribution in [0.5, 0.6) is 0 Å². The number of aromatic nitrogens is 1. The molecule has 0 aromatic carbocycles. The maximum atomic E-state index is 12.1. The number of carbonyl (C=O) groups excluding carboxylic acids is 1. The fourth-order valence-electron chi connectivity index (χ4n) is 2.32. The molecule has 0 spiro atoms. The van der Waals surface area contributed by atoms with Crippen LogP contribution < -0.4 is 4.90 Å². The minimum Gasteiger partial charge on any atom is -0.478 e. The molecule has 24 heavy (non-hydrogen) atoms. The van der Waals surface area contributed by atoms with Crippen LogP contribution in [-0.4, -0.2) is 58.8 Å². The van der Waals surface area contributed by atoms with E-state index in [0.717, 1.165) is 17.5 Å². The van der Waals surface area contributed by atoms with E-state index in [0.29, 0.717) is 26.2 Å². The zero-order valence-electron chi connectivity index (χ0n) is 14.2. The molecule has 0 atom stereocenters. The lowest BCUT2D eigenvalue weighted by molar-refractivity contribution is -0.131. The van der Waals surface area contributed by atoms with Crippen molar-refractivity contribution in [2.45, 2.75) is 26.4 Å². The second kappa shape index (κ2) is 7.33. The number of carboxylic acids is 1. The van der Waals surface area contributed by atoms with Gasteiger partial charge < -0.3 is 19.6 Å². The molecule has 1 aliphatic heterocycles. The van der Waals surface area contributed by atoms with Crippen LogP contribution in [0.2, 0.25) is 0 Å². The Kier molecular flexibility index (Phi) is 5.43. The van der Waals surface area contributed by atoms with E-state index in [1.54, 1.807) is 17.2 Å². The van der Waals surface area contributed by atoms with Crippen molar-refractivity contribution in [3.63, 3.8) is 0 Å². The number of carboxylic acid groups (broad SMARTS) is 1. The molecule has 2 heterocycles. The van der Waals surface area contributed by atoms with Crippen LogP contribution in [0.4, 0.5) is 10.6 Å². The molecule has 0 aliphatic carbocycles. The van der Waals surface area contributed by atoms with Crippen molar-refractivity contribution in [3.8, 4) is 0 Å². The Morgan fingerprint density at radius 3 is 2.50 bits per heavy atom. The molecule has 1 saturated heterocycles. The molecule has 1 fully saturated rings. The third-order valence-electron chi connectivity index (χ3n) is 3.44. The fourth-order valence-corrected chi connectivity index (χ4v) is 2.32. The van der Waals surface area contributed by atoms with E-state index >= 15 is 0 Å². The Hall–Kier alpha value is -2.57.